The van der Waals surface area contributed by atoms with Crippen LogP contribution < -0.4 is 14.8 Å². The van der Waals surface area contributed by atoms with Crippen molar-refractivity contribution in [1.29, 1.82) is 0 Å². The number of aryl methyl sites for hydroxylation is 1. The summed E-state index contributed by atoms with van der Waals surface area (Å²) in [7, 11) is 0. The first-order valence-electron chi connectivity index (χ1n) is 11.6. The number of rotatable bonds is 13. The van der Waals surface area contributed by atoms with Crippen LogP contribution in [0.2, 0.25) is 5.02 Å². The van der Waals surface area contributed by atoms with E-state index in [1.54, 1.807) is 17.0 Å². The second-order valence-corrected chi connectivity index (χ2v) is 8.05. The van der Waals surface area contributed by atoms with E-state index in [2.05, 4.69) is 5.32 Å². The Morgan fingerprint density at radius 2 is 1.58 bits per heavy atom. The van der Waals surface area contributed by atoms with Crippen LogP contribution in [0.5, 0.6) is 11.5 Å². The summed E-state index contributed by atoms with van der Waals surface area (Å²) < 4.78 is 11.3. The number of ether oxygens (including phenoxy) is 2. The van der Waals surface area contributed by atoms with Crippen molar-refractivity contribution in [1.82, 2.24) is 10.2 Å². The number of halogens is 1. The van der Waals surface area contributed by atoms with Crippen LogP contribution in [0.1, 0.15) is 51.7 Å². The average Bonchev–Trinajstić information content (AvgIpc) is 2.80. The Morgan fingerprint density at radius 3 is 2.18 bits per heavy atom. The number of carbonyl (C=O) groups excluding carboxylic acids is 2. The molecule has 0 bridgehead atoms. The minimum atomic E-state index is -0.535. The Hall–Kier alpha value is -2.73. The van der Waals surface area contributed by atoms with Gasteiger partial charge in [0.25, 0.3) is 0 Å². The van der Waals surface area contributed by atoms with Crippen LogP contribution in [0, 0.1) is 0 Å². The van der Waals surface area contributed by atoms with E-state index in [-0.39, 0.29) is 18.2 Å². The Labute approximate surface area is 202 Å². The summed E-state index contributed by atoms with van der Waals surface area (Å²) in [6, 6.07) is 12.6. The van der Waals surface area contributed by atoms with Gasteiger partial charge >= 0.3 is 0 Å². The highest BCUT2D eigenvalue weighted by Crippen LogP contribution is 2.29. The molecule has 0 saturated carbocycles. The first-order chi connectivity index (χ1) is 15.9. The highest BCUT2D eigenvalue weighted by atomic mass is 35.5. The van der Waals surface area contributed by atoms with Crippen molar-refractivity contribution in [2.75, 3.05) is 19.8 Å². The lowest BCUT2D eigenvalue weighted by Gasteiger charge is -2.30. The van der Waals surface area contributed by atoms with Gasteiger partial charge in [0.05, 0.1) is 13.2 Å². The molecule has 0 aromatic heterocycles. The Morgan fingerprint density at radius 1 is 0.939 bits per heavy atom. The third-order valence-corrected chi connectivity index (χ3v) is 5.49. The van der Waals surface area contributed by atoms with Crippen LogP contribution in [-0.2, 0) is 22.6 Å². The van der Waals surface area contributed by atoms with Gasteiger partial charge in [0, 0.05) is 24.5 Å². The lowest BCUT2D eigenvalue weighted by atomic mass is 10.1. The molecule has 0 fully saturated rings. The van der Waals surface area contributed by atoms with Gasteiger partial charge in [0.15, 0.2) is 11.5 Å². The van der Waals surface area contributed by atoms with E-state index in [1.165, 1.54) is 0 Å². The van der Waals surface area contributed by atoms with Gasteiger partial charge in [-0.3, -0.25) is 9.59 Å². The smallest absolute Gasteiger partial charge is 0.242 e. The van der Waals surface area contributed by atoms with E-state index in [4.69, 9.17) is 21.1 Å². The first kappa shape index (κ1) is 26.5. The van der Waals surface area contributed by atoms with Crippen LogP contribution in [0.25, 0.3) is 0 Å². The fourth-order valence-electron chi connectivity index (χ4n) is 3.64. The minimum Gasteiger partial charge on any atom is -0.490 e. The fourth-order valence-corrected chi connectivity index (χ4v) is 3.77. The van der Waals surface area contributed by atoms with Gasteiger partial charge in [-0.1, -0.05) is 36.7 Å². The molecule has 0 heterocycles. The van der Waals surface area contributed by atoms with Crippen molar-refractivity contribution in [3.8, 4) is 11.5 Å². The van der Waals surface area contributed by atoms with Gasteiger partial charge in [0.2, 0.25) is 11.8 Å². The molecule has 180 valence electrons. The molecular weight excluding hydrogens is 440 g/mol. The number of nitrogens with zero attached hydrogens (tertiary/aromatic N) is 1. The van der Waals surface area contributed by atoms with E-state index < -0.39 is 6.04 Å². The summed E-state index contributed by atoms with van der Waals surface area (Å²) >= 11 is 6.01. The van der Waals surface area contributed by atoms with Gasteiger partial charge in [0.1, 0.15) is 6.04 Å². The lowest BCUT2D eigenvalue weighted by Crippen LogP contribution is -2.49. The van der Waals surface area contributed by atoms with Gasteiger partial charge < -0.3 is 19.7 Å². The monoisotopic (exact) mass is 474 g/mol. The molecule has 1 unspecified atom stereocenters. The van der Waals surface area contributed by atoms with Gasteiger partial charge in [-0.15, -0.1) is 0 Å². The zero-order chi connectivity index (χ0) is 24.2. The molecule has 2 amide bonds. The number of hydrogen-bond acceptors (Lipinski definition) is 4. The maximum Gasteiger partial charge on any atom is 0.242 e. The third-order valence-electron chi connectivity index (χ3n) is 5.24. The number of amides is 2. The summed E-state index contributed by atoms with van der Waals surface area (Å²) in [6.07, 6.45) is 1.35. The Balaban J connectivity index is 2.20. The number of hydrogen-bond donors (Lipinski definition) is 1. The molecule has 0 saturated heterocycles. The van der Waals surface area contributed by atoms with Crippen LogP contribution in [0.15, 0.2) is 42.5 Å². The van der Waals surface area contributed by atoms with E-state index >= 15 is 0 Å². The number of likely N-dealkylation sites (N-methyl/N-ethyl adjacent to an activating group) is 1. The van der Waals surface area contributed by atoms with Crippen molar-refractivity contribution in [3.05, 3.63) is 58.6 Å². The molecule has 0 aliphatic heterocycles. The average molecular weight is 475 g/mol. The third kappa shape index (κ3) is 7.97. The summed E-state index contributed by atoms with van der Waals surface area (Å²) in [6.45, 7) is 9.59. The molecule has 0 aliphatic rings. The zero-order valence-corrected chi connectivity index (χ0v) is 20.8. The van der Waals surface area contributed by atoms with Crippen molar-refractivity contribution in [2.24, 2.45) is 0 Å². The van der Waals surface area contributed by atoms with Gasteiger partial charge in [-0.05, 0) is 69.0 Å². The van der Waals surface area contributed by atoms with Crippen LogP contribution in [0.4, 0.5) is 0 Å². The van der Waals surface area contributed by atoms with Crippen molar-refractivity contribution in [3.63, 3.8) is 0 Å². The normalized spacial score (nSPS) is 11.5. The maximum atomic E-state index is 13.3. The molecule has 1 atom stereocenters. The highest BCUT2D eigenvalue weighted by Gasteiger charge is 2.28. The number of carbonyl (C=O) groups is 2. The summed E-state index contributed by atoms with van der Waals surface area (Å²) in [5.41, 5.74) is 1.91. The lowest BCUT2D eigenvalue weighted by molar-refractivity contribution is -0.141. The molecule has 6 nitrogen and oxygen atoms in total. The largest absolute Gasteiger partial charge is 0.490 e. The second kappa shape index (κ2) is 13.7. The quantitative estimate of drug-likeness (QED) is 0.443. The Kier molecular flexibility index (Phi) is 11.0. The fraction of sp³-hybridized carbons (Fsp3) is 0.462. The topological polar surface area (TPSA) is 67.9 Å². The second-order valence-electron chi connectivity index (χ2n) is 7.61. The van der Waals surface area contributed by atoms with E-state index in [0.29, 0.717) is 55.7 Å². The number of benzene rings is 2. The minimum absolute atomic E-state index is 0.0742. The molecule has 0 radical (unpaired) electrons. The standard InChI is InChI=1S/C26H35ClN2O4/c1-5-22(26(31)28-6-2)29(18-20-9-13-21(27)14-10-20)25(30)16-12-19-11-15-23(32-7-3)24(17-19)33-8-4/h9-11,13-15,17,22H,5-8,12,16,18H2,1-4H3,(H,28,31). The van der Waals surface area contributed by atoms with E-state index in [1.807, 2.05) is 58.0 Å². The zero-order valence-electron chi connectivity index (χ0n) is 20.0. The maximum absolute atomic E-state index is 13.3. The molecule has 2 aromatic carbocycles. The summed E-state index contributed by atoms with van der Waals surface area (Å²) in [5.74, 6) is 1.16. The van der Waals surface area contributed by atoms with Gasteiger partial charge in [-0.2, -0.15) is 0 Å². The highest BCUT2D eigenvalue weighted by molar-refractivity contribution is 6.30. The SMILES string of the molecule is CCNC(=O)C(CC)N(Cc1ccc(Cl)cc1)C(=O)CCc1ccc(OCC)c(OCC)c1. The van der Waals surface area contributed by atoms with E-state index in [0.717, 1.165) is 11.1 Å². The molecule has 7 heteroatoms. The predicted octanol–water partition coefficient (Wildman–Crippen LogP) is 5.01. The summed E-state index contributed by atoms with van der Waals surface area (Å²) in [4.78, 5) is 27.7. The molecule has 2 rings (SSSR count). The van der Waals surface area contributed by atoms with Crippen LogP contribution in [-0.4, -0.2) is 42.5 Å². The van der Waals surface area contributed by atoms with Gasteiger partial charge in [-0.25, -0.2) is 0 Å². The van der Waals surface area contributed by atoms with Crippen molar-refractivity contribution in [2.45, 2.75) is 59.5 Å². The molecule has 0 spiro atoms. The first-order valence-corrected chi connectivity index (χ1v) is 12.0. The van der Waals surface area contributed by atoms with Crippen LogP contribution >= 0.6 is 11.6 Å². The molecule has 33 heavy (non-hydrogen) atoms. The predicted molar refractivity (Wildman–Crippen MR) is 132 cm³/mol. The van der Waals surface area contributed by atoms with Crippen molar-refractivity contribution >= 4 is 23.4 Å². The molecule has 2 aromatic rings. The molecule has 1 N–H and O–H groups in total. The molecule has 0 aliphatic carbocycles. The van der Waals surface area contributed by atoms with Crippen LogP contribution in [0.3, 0.4) is 0 Å². The molecular formula is C26H35ClN2O4. The number of nitrogens with one attached hydrogen (secondary N) is 1. The summed E-state index contributed by atoms with van der Waals surface area (Å²) in [5, 5.41) is 3.49. The Bertz CT molecular complexity index is 902. The van der Waals surface area contributed by atoms with Crippen molar-refractivity contribution < 1.29 is 19.1 Å². The van der Waals surface area contributed by atoms with E-state index in [9.17, 15) is 9.59 Å².